The molecule has 0 bridgehead atoms. The maximum Gasteiger partial charge on any atom is 0.238 e. The van der Waals surface area contributed by atoms with Gasteiger partial charge < -0.3 is 10.1 Å². The van der Waals surface area contributed by atoms with E-state index in [9.17, 15) is 4.79 Å². The fourth-order valence-corrected chi connectivity index (χ4v) is 3.48. The topological polar surface area (TPSA) is 44.8 Å². The monoisotopic (exact) mass is 387 g/mol. The van der Waals surface area contributed by atoms with E-state index in [-0.39, 0.29) is 5.91 Å². The van der Waals surface area contributed by atoms with Gasteiger partial charge in [0.05, 0.1) is 13.7 Å². The Balaban J connectivity index is 1.44. The number of amides is 1. The third-order valence-electron chi connectivity index (χ3n) is 4.86. The van der Waals surface area contributed by atoms with Crippen LogP contribution in [0.3, 0.4) is 0 Å². The van der Waals surface area contributed by atoms with Crippen LogP contribution in [-0.4, -0.2) is 55.5 Å². The van der Waals surface area contributed by atoms with Gasteiger partial charge in [-0.15, -0.1) is 0 Å². The number of piperazine rings is 1. The number of methoxy groups -OCH3 is 1. The molecular weight excluding hydrogens is 362 g/mol. The number of aryl methyl sites for hydroxylation is 1. The number of anilines is 1. The molecule has 3 rings (SSSR count). The van der Waals surface area contributed by atoms with E-state index in [1.54, 1.807) is 13.2 Å². The van der Waals surface area contributed by atoms with Gasteiger partial charge in [0, 0.05) is 43.4 Å². The number of halogens is 1. The van der Waals surface area contributed by atoms with Crippen LogP contribution in [0.25, 0.3) is 0 Å². The van der Waals surface area contributed by atoms with Crippen molar-refractivity contribution in [1.82, 2.24) is 9.80 Å². The van der Waals surface area contributed by atoms with Gasteiger partial charge in [0.15, 0.2) is 0 Å². The van der Waals surface area contributed by atoms with Gasteiger partial charge in [-0.05, 0) is 48.4 Å². The third-order valence-corrected chi connectivity index (χ3v) is 5.09. The fourth-order valence-electron chi connectivity index (χ4n) is 3.25. The zero-order chi connectivity index (χ0) is 19.2. The van der Waals surface area contributed by atoms with Crippen molar-refractivity contribution in [3.05, 3.63) is 58.6 Å². The molecule has 6 heteroatoms. The van der Waals surface area contributed by atoms with Crippen LogP contribution in [0.2, 0.25) is 5.02 Å². The summed E-state index contributed by atoms with van der Waals surface area (Å²) in [6, 6.07) is 13.7. The van der Waals surface area contributed by atoms with Crippen molar-refractivity contribution < 1.29 is 9.53 Å². The average Bonchev–Trinajstić information content (AvgIpc) is 2.66. The predicted octanol–water partition coefficient (Wildman–Crippen LogP) is 3.41. The van der Waals surface area contributed by atoms with Crippen LogP contribution >= 0.6 is 11.6 Å². The van der Waals surface area contributed by atoms with E-state index >= 15 is 0 Å². The highest BCUT2D eigenvalue weighted by Crippen LogP contribution is 2.19. The number of hydrogen-bond acceptors (Lipinski definition) is 4. The van der Waals surface area contributed by atoms with Gasteiger partial charge in [0.2, 0.25) is 5.91 Å². The molecule has 5 nitrogen and oxygen atoms in total. The highest BCUT2D eigenvalue weighted by Gasteiger charge is 2.19. The molecule has 0 saturated carbocycles. The van der Waals surface area contributed by atoms with Crippen molar-refractivity contribution in [3.8, 4) is 5.75 Å². The fraction of sp³-hybridized carbons (Fsp3) is 0.381. The third kappa shape index (κ3) is 5.70. The molecular formula is C21H26ClN3O2. The number of ether oxygens (including phenoxy) is 1. The average molecular weight is 388 g/mol. The van der Waals surface area contributed by atoms with E-state index < -0.39 is 0 Å². The summed E-state index contributed by atoms with van der Waals surface area (Å²) in [5.41, 5.74) is 3.07. The Bertz CT molecular complexity index is 771. The standard InChI is InChI=1S/C21H26ClN3O2/c1-16-13-18(22)5-8-20(16)23-21(26)15-25-11-9-24(10-12-25)14-17-3-6-19(27-2)7-4-17/h3-8,13H,9-12,14-15H2,1-2H3,(H,23,26). The molecule has 0 aliphatic carbocycles. The molecule has 0 atom stereocenters. The van der Waals surface area contributed by atoms with Crippen molar-refractivity contribution >= 4 is 23.2 Å². The Kier molecular flexibility index (Phi) is 6.72. The number of hydrogen-bond donors (Lipinski definition) is 1. The van der Waals surface area contributed by atoms with Crippen molar-refractivity contribution in [3.63, 3.8) is 0 Å². The minimum absolute atomic E-state index is 0.0176. The van der Waals surface area contributed by atoms with Crippen LogP contribution in [-0.2, 0) is 11.3 Å². The molecule has 2 aromatic rings. The summed E-state index contributed by atoms with van der Waals surface area (Å²) in [6.45, 7) is 6.98. The van der Waals surface area contributed by atoms with Gasteiger partial charge >= 0.3 is 0 Å². The first-order valence-corrected chi connectivity index (χ1v) is 9.55. The van der Waals surface area contributed by atoms with Gasteiger partial charge in [-0.25, -0.2) is 0 Å². The second-order valence-electron chi connectivity index (χ2n) is 6.91. The lowest BCUT2D eigenvalue weighted by Gasteiger charge is -2.34. The zero-order valence-corrected chi connectivity index (χ0v) is 16.6. The quantitative estimate of drug-likeness (QED) is 0.825. The molecule has 1 heterocycles. The number of rotatable bonds is 6. The van der Waals surface area contributed by atoms with E-state index in [4.69, 9.17) is 16.3 Å². The zero-order valence-electron chi connectivity index (χ0n) is 15.9. The van der Waals surface area contributed by atoms with Gasteiger partial charge in [0.1, 0.15) is 5.75 Å². The van der Waals surface area contributed by atoms with Crippen molar-refractivity contribution in [2.75, 3.05) is 45.2 Å². The molecule has 0 aromatic heterocycles. The van der Waals surface area contributed by atoms with E-state index in [1.807, 2.05) is 31.2 Å². The molecule has 144 valence electrons. The number of carbonyl (C=O) groups is 1. The van der Waals surface area contributed by atoms with Crippen molar-refractivity contribution in [1.29, 1.82) is 0 Å². The van der Waals surface area contributed by atoms with Crippen LogP contribution in [0.4, 0.5) is 5.69 Å². The van der Waals surface area contributed by atoms with Crippen LogP contribution in [0.1, 0.15) is 11.1 Å². The Morgan fingerprint density at radius 3 is 2.37 bits per heavy atom. The van der Waals surface area contributed by atoms with Crippen LogP contribution < -0.4 is 10.1 Å². The largest absolute Gasteiger partial charge is 0.497 e. The number of nitrogens with one attached hydrogen (secondary N) is 1. The summed E-state index contributed by atoms with van der Waals surface area (Å²) in [5.74, 6) is 0.898. The molecule has 2 aromatic carbocycles. The summed E-state index contributed by atoms with van der Waals surface area (Å²) < 4.78 is 5.20. The van der Waals surface area contributed by atoms with Gasteiger partial charge in [-0.2, -0.15) is 0 Å². The second-order valence-corrected chi connectivity index (χ2v) is 7.34. The number of benzene rings is 2. The molecule has 1 N–H and O–H groups in total. The minimum atomic E-state index is 0.0176. The predicted molar refractivity (Wildman–Crippen MR) is 110 cm³/mol. The summed E-state index contributed by atoms with van der Waals surface area (Å²) in [6.07, 6.45) is 0. The number of nitrogens with zero attached hydrogens (tertiary/aromatic N) is 2. The normalized spacial score (nSPS) is 15.5. The number of carbonyl (C=O) groups excluding carboxylic acids is 1. The minimum Gasteiger partial charge on any atom is -0.497 e. The Hall–Kier alpha value is -2.08. The second kappa shape index (κ2) is 9.22. The Morgan fingerprint density at radius 1 is 1.07 bits per heavy atom. The molecule has 0 spiro atoms. The first kappa shape index (κ1) is 19.7. The summed E-state index contributed by atoms with van der Waals surface area (Å²) in [7, 11) is 1.68. The molecule has 1 saturated heterocycles. The SMILES string of the molecule is COc1ccc(CN2CCN(CC(=O)Nc3ccc(Cl)cc3C)CC2)cc1. The van der Waals surface area contributed by atoms with Gasteiger partial charge in [-0.3, -0.25) is 14.6 Å². The first-order chi connectivity index (χ1) is 13.0. The summed E-state index contributed by atoms with van der Waals surface area (Å²) in [5, 5.41) is 3.66. The highest BCUT2D eigenvalue weighted by molar-refractivity contribution is 6.30. The van der Waals surface area contributed by atoms with Crippen molar-refractivity contribution in [2.24, 2.45) is 0 Å². The smallest absolute Gasteiger partial charge is 0.238 e. The lowest BCUT2D eigenvalue weighted by molar-refractivity contribution is -0.117. The van der Waals surface area contributed by atoms with Gasteiger partial charge in [-0.1, -0.05) is 23.7 Å². The molecule has 1 fully saturated rings. The lowest BCUT2D eigenvalue weighted by atomic mass is 10.2. The molecule has 1 amide bonds. The summed E-state index contributed by atoms with van der Waals surface area (Å²) in [4.78, 5) is 17.0. The van der Waals surface area contributed by atoms with Crippen LogP contribution in [0.5, 0.6) is 5.75 Å². The molecule has 0 unspecified atom stereocenters. The molecule has 1 aliphatic heterocycles. The van der Waals surface area contributed by atoms with Gasteiger partial charge in [0.25, 0.3) is 0 Å². The summed E-state index contributed by atoms with van der Waals surface area (Å²) >= 11 is 5.96. The van der Waals surface area contributed by atoms with Crippen LogP contribution in [0, 0.1) is 6.92 Å². The van der Waals surface area contributed by atoms with E-state index in [1.165, 1.54) is 5.56 Å². The van der Waals surface area contributed by atoms with E-state index in [0.29, 0.717) is 11.6 Å². The molecule has 1 aliphatic rings. The van der Waals surface area contributed by atoms with Crippen LogP contribution in [0.15, 0.2) is 42.5 Å². The maximum atomic E-state index is 12.3. The first-order valence-electron chi connectivity index (χ1n) is 9.17. The Morgan fingerprint density at radius 2 is 1.74 bits per heavy atom. The molecule has 27 heavy (non-hydrogen) atoms. The Labute approximate surface area is 165 Å². The lowest BCUT2D eigenvalue weighted by Crippen LogP contribution is -2.48. The van der Waals surface area contributed by atoms with E-state index in [2.05, 4.69) is 27.2 Å². The van der Waals surface area contributed by atoms with E-state index in [0.717, 1.165) is 49.7 Å². The highest BCUT2D eigenvalue weighted by atomic mass is 35.5. The molecule has 0 radical (unpaired) electrons. The van der Waals surface area contributed by atoms with Crippen molar-refractivity contribution in [2.45, 2.75) is 13.5 Å². The maximum absolute atomic E-state index is 12.3.